The van der Waals surface area contributed by atoms with E-state index in [2.05, 4.69) is 140 Å². The lowest BCUT2D eigenvalue weighted by Gasteiger charge is -2.10. The van der Waals surface area contributed by atoms with Gasteiger partial charge in [0.15, 0.2) is 17.5 Å². The molecule has 0 atom stereocenters. The molecule has 0 aliphatic carbocycles. The number of thiophene rings is 1. The van der Waals surface area contributed by atoms with E-state index in [1.807, 2.05) is 60.7 Å². The lowest BCUT2D eigenvalue weighted by atomic mass is 9.97. The van der Waals surface area contributed by atoms with Gasteiger partial charge < -0.3 is 0 Å². The van der Waals surface area contributed by atoms with Crippen LogP contribution in [0.1, 0.15) is 0 Å². The van der Waals surface area contributed by atoms with Gasteiger partial charge in [0.1, 0.15) is 10.3 Å². The molecule has 0 N–H and O–H groups in total. The summed E-state index contributed by atoms with van der Waals surface area (Å²) in [5, 5.41) is 1.15. The molecule has 0 unspecified atom stereocenters. The van der Waals surface area contributed by atoms with Crippen LogP contribution < -0.4 is 0 Å². The van der Waals surface area contributed by atoms with Crippen molar-refractivity contribution >= 4 is 42.8 Å². The van der Waals surface area contributed by atoms with Crippen molar-refractivity contribution in [3.63, 3.8) is 0 Å². The smallest absolute Gasteiger partial charge is 0.164 e. The maximum atomic E-state index is 4.98. The molecule has 0 aliphatic rings. The highest BCUT2D eigenvalue weighted by Gasteiger charge is 2.14. The second-order valence-electron chi connectivity index (χ2n) is 14.5. The van der Waals surface area contributed by atoms with Crippen molar-refractivity contribution in [1.29, 1.82) is 0 Å². The summed E-state index contributed by atoms with van der Waals surface area (Å²) in [6.45, 7) is 0. The highest BCUT2D eigenvalue weighted by Crippen LogP contribution is 2.36. The maximum absolute atomic E-state index is 4.98. The molecule has 6 heteroatoms. The molecule has 0 fully saturated rings. The lowest BCUT2D eigenvalue weighted by Crippen LogP contribution is -2.00. The minimum atomic E-state index is 0.637. The Morgan fingerprint density at radius 1 is 0.271 bits per heavy atom. The summed E-state index contributed by atoms with van der Waals surface area (Å²) in [4.78, 5) is 25.6. The van der Waals surface area contributed by atoms with E-state index in [9.17, 15) is 0 Å². The number of para-hydroxylation sites is 2. The van der Waals surface area contributed by atoms with Crippen LogP contribution in [0.15, 0.2) is 200 Å². The minimum absolute atomic E-state index is 0.637. The van der Waals surface area contributed by atoms with E-state index in [0.717, 1.165) is 60.1 Å². The van der Waals surface area contributed by atoms with Gasteiger partial charge in [-0.1, -0.05) is 182 Å². The molecule has 0 saturated heterocycles. The predicted octanol–water partition coefficient (Wildman–Crippen LogP) is 13.9. The average molecular weight is 772 g/mol. The molecule has 59 heavy (non-hydrogen) atoms. The fourth-order valence-corrected chi connectivity index (χ4v) is 8.70. The lowest BCUT2D eigenvalue weighted by molar-refractivity contribution is 1.07. The number of hydrogen-bond acceptors (Lipinski definition) is 6. The SMILES string of the molecule is c1ccc(-c2ccc(-c3nc(-c4ccccc4)nc(-c4ccc(-c5ccc(-c6ccc(-c7ccc8c(c7)sc7nc9ccccc9nc78)cc6)cc5)cc4)n3)cc2)cc1. The fraction of sp³-hybridized carbons (Fsp3) is 0. The Balaban J connectivity index is 0.835. The molecule has 8 aromatic carbocycles. The Bertz CT molecular complexity index is 3270. The largest absolute Gasteiger partial charge is 0.243 e. The molecule has 0 bridgehead atoms. The standard InChI is InChI=1S/C53H33N5S/c1-3-9-34(10-4-1)35-23-27-42(28-24-35)51-56-50(41-11-5-2-6-12-41)57-52(58-51)43-29-25-39(26-30-43)37-17-15-36(16-18-37)38-19-21-40(22-20-38)44-31-32-45-48(33-44)59-53-49(45)54-46-13-7-8-14-47(46)55-53/h1-33H. The zero-order valence-corrected chi connectivity index (χ0v) is 32.5. The van der Waals surface area contributed by atoms with Crippen LogP contribution in [0, 0.1) is 0 Å². The summed E-state index contributed by atoms with van der Waals surface area (Å²) < 4.78 is 1.19. The number of benzene rings is 8. The van der Waals surface area contributed by atoms with Crippen LogP contribution in [-0.4, -0.2) is 24.9 Å². The van der Waals surface area contributed by atoms with Gasteiger partial charge in [-0.15, -0.1) is 11.3 Å². The Morgan fingerprint density at radius 2 is 0.610 bits per heavy atom. The number of hydrogen-bond donors (Lipinski definition) is 0. The predicted molar refractivity (Wildman–Crippen MR) is 244 cm³/mol. The molecule has 276 valence electrons. The van der Waals surface area contributed by atoms with Gasteiger partial charge in [0, 0.05) is 26.8 Å². The maximum Gasteiger partial charge on any atom is 0.164 e. The summed E-state index contributed by atoms with van der Waals surface area (Å²) in [5.74, 6) is 1.92. The van der Waals surface area contributed by atoms with Crippen molar-refractivity contribution in [2.24, 2.45) is 0 Å². The van der Waals surface area contributed by atoms with Crippen LogP contribution in [-0.2, 0) is 0 Å². The van der Waals surface area contributed by atoms with E-state index in [0.29, 0.717) is 17.5 Å². The van der Waals surface area contributed by atoms with Crippen molar-refractivity contribution in [2.75, 3.05) is 0 Å². The third-order valence-electron chi connectivity index (χ3n) is 10.8. The number of rotatable bonds is 7. The van der Waals surface area contributed by atoms with E-state index in [1.54, 1.807) is 11.3 Å². The molecule has 0 spiro atoms. The van der Waals surface area contributed by atoms with Crippen molar-refractivity contribution in [1.82, 2.24) is 24.9 Å². The summed E-state index contributed by atoms with van der Waals surface area (Å²) >= 11 is 1.70. The zero-order valence-electron chi connectivity index (χ0n) is 31.7. The number of fused-ring (bicyclic) bond motifs is 4. The number of nitrogens with zero attached hydrogens (tertiary/aromatic N) is 5. The van der Waals surface area contributed by atoms with Gasteiger partial charge in [0.05, 0.1) is 11.0 Å². The molecule has 3 heterocycles. The van der Waals surface area contributed by atoms with E-state index in [4.69, 9.17) is 24.9 Å². The van der Waals surface area contributed by atoms with Gasteiger partial charge in [-0.3, -0.25) is 0 Å². The third-order valence-corrected chi connectivity index (χ3v) is 11.8. The van der Waals surface area contributed by atoms with Gasteiger partial charge in [-0.05, 0) is 62.7 Å². The van der Waals surface area contributed by atoms with Crippen LogP contribution in [0.3, 0.4) is 0 Å². The molecule has 0 saturated carbocycles. The van der Waals surface area contributed by atoms with Crippen molar-refractivity contribution in [2.45, 2.75) is 0 Å². The number of aromatic nitrogens is 5. The van der Waals surface area contributed by atoms with Crippen LogP contribution >= 0.6 is 11.3 Å². The van der Waals surface area contributed by atoms with Crippen LogP contribution in [0.5, 0.6) is 0 Å². The van der Waals surface area contributed by atoms with Crippen LogP contribution in [0.4, 0.5) is 0 Å². The van der Waals surface area contributed by atoms with Gasteiger partial charge in [-0.2, -0.15) is 0 Å². The van der Waals surface area contributed by atoms with Crippen LogP contribution in [0.25, 0.3) is 110 Å². The molecule has 3 aromatic heterocycles. The molecule has 0 radical (unpaired) electrons. The first-order valence-corrected chi connectivity index (χ1v) is 20.4. The highest BCUT2D eigenvalue weighted by atomic mass is 32.1. The summed E-state index contributed by atoms with van der Waals surface area (Å²) in [6, 6.07) is 69.6. The molecule has 0 amide bonds. The topological polar surface area (TPSA) is 64.5 Å². The van der Waals surface area contributed by atoms with Gasteiger partial charge in [0.25, 0.3) is 0 Å². The first-order chi connectivity index (χ1) is 29.2. The Labute approximate surface area is 345 Å². The van der Waals surface area contributed by atoms with E-state index in [-0.39, 0.29) is 0 Å². The molecular weight excluding hydrogens is 739 g/mol. The molecule has 0 aliphatic heterocycles. The second kappa shape index (κ2) is 14.7. The van der Waals surface area contributed by atoms with E-state index in [1.165, 1.54) is 32.5 Å². The van der Waals surface area contributed by atoms with Crippen LogP contribution in [0.2, 0.25) is 0 Å². The average Bonchev–Trinajstić information content (AvgIpc) is 3.68. The quantitative estimate of drug-likeness (QED) is 0.161. The monoisotopic (exact) mass is 771 g/mol. The van der Waals surface area contributed by atoms with Crippen molar-refractivity contribution < 1.29 is 0 Å². The third kappa shape index (κ3) is 6.71. The van der Waals surface area contributed by atoms with Gasteiger partial charge in [-0.25, -0.2) is 24.9 Å². The first-order valence-electron chi connectivity index (χ1n) is 19.6. The highest BCUT2D eigenvalue weighted by molar-refractivity contribution is 7.25. The minimum Gasteiger partial charge on any atom is -0.243 e. The summed E-state index contributed by atoms with van der Waals surface area (Å²) in [5.41, 5.74) is 14.9. The Kier molecular flexibility index (Phi) is 8.60. The van der Waals surface area contributed by atoms with E-state index >= 15 is 0 Å². The molecule has 5 nitrogen and oxygen atoms in total. The van der Waals surface area contributed by atoms with Gasteiger partial charge in [0.2, 0.25) is 0 Å². The molecular formula is C53H33N5S. The van der Waals surface area contributed by atoms with Crippen molar-refractivity contribution in [3.8, 4) is 78.7 Å². The second-order valence-corrected chi connectivity index (χ2v) is 15.6. The first kappa shape index (κ1) is 34.6. The Morgan fingerprint density at radius 3 is 1.08 bits per heavy atom. The zero-order chi connectivity index (χ0) is 39.1. The normalized spacial score (nSPS) is 11.4. The molecule has 11 rings (SSSR count). The Hall–Kier alpha value is -7.67. The summed E-state index contributed by atoms with van der Waals surface area (Å²) in [7, 11) is 0. The summed E-state index contributed by atoms with van der Waals surface area (Å²) in [6.07, 6.45) is 0. The van der Waals surface area contributed by atoms with Crippen molar-refractivity contribution in [3.05, 3.63) is 200 Å². The fourth-order valence-electron chi connectivity index (χ4n) is 7.63. The molecule has 11 aromatic rings. The van der Waals surface area contributed by atoms with E-state index < -0.39 is 0 Å². The van der Waals surface area contributed by atoms with Gasteiger partial charge >= 0.3 is 0 Å².